The number of carbonyl (C=O) groups is 1. The molecule has 2 aromatic heterocycles. The molecule has 2 rings (SSSR count). The van der Waals surface area contributed by atoms with Crippen molar-refractivity contribution in [3.8, 4) is 0 Å². The quantitative estimate of drug-likeness (QED) is 0.247. The summed E-state index contributed by atoms with van der Waals surface area (Å²) in [6.45, 7) is 9.04. The summed E-state index contributed by atoms with van der Waals surface area (Å²) in [5.74, 6) is 0. The molecular weight excluding hydrogens is 622 g/mol. The van der Waals surface area contributed by atoms with Crippen molar-refractivity contribution in [2.24, 2.45) is 10.2 Å². The van der Waals surface area contributed by atoms with Gasteiger partial charge in [0.2, 0.25) is 0 Å². The lowest BCUT2D eigenvalue weighted by Gasteiger charge is -2.16. The molecule has 0 bridgehead atoms. The fraction of sp³-hybridized carbons (Fsp3) is 0.560. The Balaban J connectivity index is 0.000000415. The van der Waals surface area contributed by atoms with Crippen LogP contribution in [0.25, 0.3) is 0 Å². The van der Waals surface area contributed by atoms with Gasteiger partial charge in [0.05, 0.1) is 43.5 Å². The minimum Gasteiger partial charge on any atom is -0.441 e. The third kappa shape index (κ3) is 16.0. The van der Waals surface area contributed by atoms with Gasteiger partial charge in [-0.2, -0.15) is 0 Å². The Hall–Kier alpha value is -2.03. The number of anilines is 1. The molecule has 1 amide bonds. The number of hydrogen-bond donors (Lipinski definition) is 1. The molecule has 0 aliphatic carbocycles. The van der Waals surface area contributed by atoms with Gasteiger partial charge in [0.1, 0.15) is 11.3 Å². The summed E-state index contributed by atoms with van der Waals surface area (Å²) in [5, 5.41) is 7.51. The van der Waals surface area contributed by atoms with E-state index in [2.05, 4.69) is 57.0 Å². The van der Waals surface area contributed by atoms with E-state index in [1.165, 1.54) is 0 Å². The highest BCUT2D eigenvalue weighted by Crippen LogP contribution is 2.23. The average Bonchev–Trinajstić information content (AvgIpc) is 2.79. The fourth-order valence-electron chi connectivity index (χ4n) is 2.47. The van der Waals surface area contributed by atoms with Crippen LogP contribution in [0.5, 0.6) is 0 Å². The lowest BCUT2D eigenvalue weighted by Crippen LogP contribution is -2.21. The van der Waals surface area contributed by atoms with E-state index in [1.807, 2.05) is 39.2 Å². The van der Waals surface area contributed by atoms with Crippen LogP contribution in [0.3, 0.4) is 0 Å². The van der Waals surface area contributed by atoms with Gasteiger partial charge in [0, 0.05) is 34.4 Å². The average molecular weight is 661 g/mol. The number of likely N-dealkylation sites (N-methyl/N-ethyl adjacent to an activating group) is 2. The van der Waals surface area contributed by atoms with E-state index >= 15 is 0 Å². The van der Waals surface area contributed by atoms with E-state index in [0.717, 1.165) is 27.7 Å². The molecule has 0 aliphatic heterocycles. The van der Waals surface area contributed by atoms with Gasteiger partial charge in [-0.05, 0) is 93.0 Å². The first-order chi connectivity index (χ1) is 17.8. The van der Waals surface area contributed by atoms with Crippen molar-refractivity contribution in [3.63, 3.8) is 0 Å². The lowest BCUT2D eigenvalue weighted by atomic mass is 10.2. The molecular formula is C25H39Br2N7O4. The zero-order chi connectivity index (χ0) is 28.7. The number of aromatic nitrogens is 2. The second-order valence-corrected chi connectivity index (χ2v) is 11.5. The number of halogens is 2. The number of amides is 1. The van der Waals surface area contributed by atoms with Crippen molar-refractivity contribution in [1.29, 1.82) is 0 Å². The van der Waals surface area contributed by atoms with Gasteiger partial charge < -0.3 is 29.7 Å². The minimum atomic E-state index is -0.739. The van der Waals surface area contributed by atoms with Crippen molar-refractivity contribution >= 4 is 49.3 Å². The number of rotatable bonds is 11. The molecule has 212 valence electrons. The Morgan fingerprint density at radius 2 is 1.42 bits per heavy atom. The van der Waals surface area contributed by atoms with Gasteiger partial charge in [-0.1, -0.05) is 5.11 Å². The second-order valence-electron chi connectivity index (χ2n) is 9.70. The van der Waals surface area contributed by atoms with Crippen molar-refractivity contribution in [2.75, 3.05) is 60.2 Å². The van der Waals surface area contributed by atoms with Crippen LogP contribution >= 0.6 is 31.9 Å². The molecule has 2 N–H and O–H groups in total. The monoisotopic (exact) mass is 659 g/mol. The highest BCUT2D eigenvalue weighted by molar-refractivity contribution is 9.10. The molecule has 0 radical (unpaired) electrons. The van der Waals surface area contributed by atoms with E-state index in [9.17, 15) is 4.79 Å². The van der Waals surface area contributed by atoms with Gasteiger partial charge in [-0.3, -0.25) is 9.97 Å². The molecule has 2 heterocycles. The van der Waals surface area contributed by atoms with Crippen molar-refractivity contribution < 1.29 is 19.0 Å². The van der Waals surface area contributed by atoms with Gasteiger partial charge in [0.15, 0.2) is 0 Å². The van der Waals surface area contributed by atoms with Crippen LogP contribution in [-0.4, -0.2) is 86.0 Å². The molecule has 0 aliphatic rings. The van der Waals surface area contributed by atoms with Gasteiger partial charge in [0.25, 0.3) is 0 Å². The summed E-state index contributed by atoms with van der Waals surface area (Å²) in [5.41, 5.74) is 7.70. The van der Waals surface area contributed by atoms with Crippen LogP contribution in [0.15, 0.2) is 43.7 Å². The smallest absolute Gasteiger partial charge is 0.441 e. The normalized spacial score (nSPS) is 11.7. The first-order valence-electron chi connectivity index (χ1n) is 11.9. The van der Waals surface area contributed by atoms with E-state index in [4.69, 9.17) is 19.9 Å². The maximum atomic E-state index is 11.6. The third-order valence-electron chi connectivity index (χ3n) is 4.36. The van der Waals surface area contributed by atoms with Crippen molar-refractivity contribution in [2.45, 2.75) is 39.6 Å². The third-order valence-corrected chi connectivity index (χ3v) is 5.23. The molecule has 13 heteroatoms. The second kappa shape index (κ2) is 17.5. The van der Waals surface area contributed by atoms with Crippen molar-refractivity contribution in [1.82, 2.24) is 19.8 Å². The molecule has 0 saturated heterocycles. The van der Waals surface area contributed by atoms with Crippen LogP contribution in [0.1, 0.15) is 32.2 Å². The lowest BCUT2D eigenvalue weighted by molar-refractivity contribution is 0.0591. The van der Waals surface area contributed by atoms with Crippen molar-refractivity contribution in [3.05, 3.63) is 44.9 Å². The molecule has 0 unspecified atom stereocenters. The summed E-state index contributed by atoms with van der Waals surface area (Å²) in [4.78, 5) is 24.1. The topological polar surface area (TPSA) is 128 Å². The van der Waals surface area contributed by atoms with Crippen LogP contribution in [0, 0.1) is 0 Å². The van der Waals surface area contributed by atoms with E-state index in [-0.39, 0.29) is 0 Å². The molecule has 2 aromatic rings. The summed E-state index contributed by atoms with van der Waals surface area (Å²) >= 11 is 6.63. The van der Waals surface area contributed by atoms with Crippen LogP contribution in [0.4, 0.5) is 16.2 Å². The Bertz CT molecular complexity index is 1030. The first-order valence-corrected chi connectivity index (χ1v) is 13.5. The number of nitrogens with zero attached hydrogens (tertiary/aromatic N) is 6. The fourth-order valence-corrected chi connectivity index (χ4v) is 3.14. The molecule has 38 heavy (non-hydrogen) atoms. The zero-order valence-electron chi connectivity index (χ0n) is 23.2. The molecule has 0 fully saturated rings. The highest BCUT2D eigenvalue weighted by atomic mass is 79.9. The van der Waals surface area contributed by atoms with Gasteiger partial charge >= 0.3 is 6.09 Å². The van der Waals surface area contributed by atoms with Crippen LogP contribution < -0.4 is 5.73 Å². The van der Waals surface area contributed by atoms with E-state index < -0.39 is 11.7 Å². The maximum Gasteiger partial charge on any atom is 0.452 e. The number of carbonyl (C=O) groups excluding carboxylic acids is 1. The maximum absolute atomic E-state index is 11.6. The molecule has 0 saturated carbocycles. The summed E-state index contributed by atoms with van der Waals surface area (Å²) in [6, 6.07) is 3.56. The molecule has 11 nitrogen and oxygen atoms in total. The molecule has 0 spiro atoms. The predicted octanol–water partition coefficient (Wildman–Crippen LogP) is 5.45. The van der Waals surface area contributed by atoms with Gasteiger partial charge in [-0.25, -0.2) is 4.79 Å². The number of nitrogens with two attached hydrogens (primary N) is 1. The standard InChI is InChI=1S/C15H23BrN4O3.C10H16BrN3O/c1-15(2,3)23-14(21)19-18-12-8-11(16)9-17-13(12)10-22-7-6-20(4)5;1-14(2)3-4-15-7-10-9(12)5-8(11)6-13-10/h8-9H,6-7,10H2,1-5H3;5-6H,3-4,7,12H2,1-2H3. The molecule has 0 atom stereocenters. The number of azo groups is 1. The Kier molecular flexibility index (Phi) is 15.7. The number of pyridine rings is 2. The summed E-state index contributed by atoms with van der Waals surface area (Å²) < 4.78 is 17.7. The van der Waals surface area contributed by atoms with E-state index in [1.54, 1.807) is 39.2 Å². The van der Waals surface area contributed by atoms with Crippen LogP contribution in [0.2, 0.25) is 0 Å². The number of nitrogen functional groups attached to an aromatic ring is 1. The zero-order valence-corrected chi connectivity index (χ0v) is 26.4. The first kappa shape index (κ1) is 34.0. The minimum absolute atomic E-state index is 0.295. The van der Waals surface area contributed by atoms with Gasteiger partial charge in [-0.15, -0.1) is 5.11 Å². The summed E-state index contributed by atoms with van der Waals surface area (Å²) in [6.07, 6.45) is 2.63. The van der Waals surface area contributed by atoms with Crippen LogP contribution in [-0.2, 0) is 27.4 Å². The highest BCUT2D eigenvalue weighted by Gasteiger charge is 2.16. The predicted molar refractivity (Wildman–Crippen MR) is 155 cm³/mol. The largest absolute Gasteiger partial charge is 0.452 e. The Morgan fingerprint density at radius 1 is 0.921 bits per heavy atom. The number of ether oxygens (including phenoxy) is 3. The number of hydrogen-bond acceptors (Lipinski definition) is 10. The summed E-state index contributed by atoms with van der Waals surface area (Å²) in [7, 11) is 7.97. The Labute approximate surface area is 242 Å². The molecule has 0 aromatic carbocycles. The van der Waals surface area contributed by atoms with E-state index in [0.29, 0.717) is 43.5 Å². The Morgan fingerprint density at radius 3 is 1.92 bits per heavy atom. The SMILES string of the molecule is CN(C)CCOCc1ncc(Br)cc1N.CN(C)CCOCc1ncc(Br)cc1N=NC(=O)OC(C)(C)C.